The second-order valence-corrected chi connectivity index (χ2v) is 14.2. The summed E-state index contributed by atoms with van der Waals surface area (Å²) in [6, 6.07) is 41.5. The van der Waals surface area contributed by atoms with Gasteiger partial charge in [0.05, 0.1) is 11.1 Å². The molecule has 0 radical (unpaired) electrons. The SMILES string of the molecule is Cc1cnc(N(c2ccc(C(C)(C)C)cc2)c2cc3c(c4oc5ccccc5c24)-c2ccccc2C3(C)C)c(-c2ccccc2)c1. The van der Waals surface area contributed by atoms with Crippen LogP contribution in [0.4, 0.5) is 17.2 Å². The predicted molar refractivity (Wildman–Crippen MR) is 193 cm³/mol. The summed E-state index contributed by atoms with van der Waals surface area (Å²) in [5.41, 5.74) is 13.4. The molecule has 0 unspecified atom stereocenters. The maximum absolute atomic E-state index is 6.86. The number of nitrogens with zero attached hydrogens (tertiary/aromatic N) is 2. The molecule has 0 bridgehead atoms. The Morgan fingerprint density at radius 3 is 2.17 bits per heavy atom. The lowest BCUT2D eigenvalue weighted by molar-refractivity contribution is 0.590. The van der Waals surface area contributed by atoms with Crippen molar-refractivity contribution in [2.24, 2.45) is 0 Å². The van der Waals surface area contributed by atoms with Gasteiger partial charge in [-0.3, -0.25) is 4.90 Å². The van der Waals surface area contributed by atoms with Crippen LogP contribution in [0.5, 0.6) is 0 Å². The van der Waals surface area contributed by atoms with Crippen LogP contribution in [0.25, 0.3) is 44.2 Å². The minimum atomic E-state index is -0.210. The van der Waals surface area contributed by atoms with Crippen LogP contribution in [0, 0.1) is 6.92 Å². The standard InChI is InChI=1S/C43H38N2O/c1-27-24-33(28-14-8-7-9-15-28)41(44-26-27)45(30-22-20-29(21-23-30)42(2,3)4)36-25-35-38(31-16-10-12-18-34(31)43(35,5)6)40-39(36)32-17-11-13-19-37(32)46-40/h7-26H,1-6H3. The van der Waals surface area contributed by atoms with Gasteiger partial charge in [0.25, 0.3) is 0 Å². The van der Waals surface area contributed by atoms with Gasteiger partial charge in [0, 0.05) is 33.8 Å². The van der Waals surface area contributed by atoms with Crippen LogP contribution in [-0.2, 0) is 10.8 Å². The van der Waals surface area contributed by atoms with Crippen molar-refractivity contribution in [1.82, 2.24) is 4.98 Å². The number of aryl methyl sites for hydroxylation is 1. The molecule has 3 nitrogen and oxygen atoms in total. The van der Waals surface area contributed by atoms with Crippen molar-refractivity contribution in [3.63, 3.8) is 0 Å². The smallest absolute Gasteiger partial charge is 0.145 e. The van der Waals surface area contributed by atoms with E-state index in [2.05, 4.69) is 162 Å². The van der Waals surface area contributed by atoms with Gasteiger partial charge < -0.3 is 4.42 Å². The molecular weight excluding hydrogens is 560 g/mol. The van der Waals surface area contributed by atoms with Crippen molar-refractivity contribution in [3.8, 4) is 22.3 Å². The number of benzene rings is 5. The van der Waals surface area contributed by atoms with Gasteiger partial charge in [-0.1, -0.05) is 120 Å². The molecule has 1 aliphatic rings. The van der Waals surface area contributed by atoms with E-state index in [0.29, 0.717) is 0 Å². The molecule has 0 fully saturated rings. The normalized spacial score (nSPS) is 13.6. The molecule has 2 aromatic heterocycles. The van der Waals surface area contributed by atoms with Gasteiger partial charge in [-0.2, -0.15) is 0 Å². The highest BCUT2D eigenvalue weighted by atomic mass is 16.3. The minimum absolute atomic E-state index is 0.0397. The average Bonchev–Trinajstić information content (AvgIpc) is 3.55. The Bertz CT molecular complexity index is 2270. The van der Waals surface area contributed by atoms with Crippen LogP contribution in [-0.4, -0.2) is 4.98 Å². The Morgan fingerprint density at radius 1 is 0.717 bits per heavy atom. The van der Waals surface area contributed by atoms with E-state index in [1.165, 1.54) is 27.8 Å². The zero-order valence-corrected chi connectivity index (χ0v) is 27.3. The molecule has 0 amide bonds. The summed E-state index contributed by atoms with van der Waals surface area (Å²) in [5.74, 6) is 0.889. The van der Waals surface area contributed by atoms with Gasteiger partial charge in [-0.25, -0.2) is 4.98 Å². The Kier molecular flexibility index (Phi) is 6.27. The fourth-order valence-corrected chi connectivity index (χ4v) is 7.26. The third-order valence-electron chi connectivity index (χ3n) is 9.70. The van der Waals surface area contributed by atoms with Gasteiger partial charge >= 0.3 is 0 Å². The fraction of sp³-hybridized carbons (Fsp3) is 0.186. The first-order valence-corrected chi connectivity index (χ1v) is 16.1. The lowest BCUT2D eigenvalue weighted by atomic mass is 9.82. The van der Waals surface area contributed by atoms with Crippen LogP contribution in [0.2, 0.25) is 0 Å². The molecule has 0 spiro atoms. The first kappa shape index (κ1) is 28.3. The molecule has 226 valence electrons. The number of anilines is 3. The Labute approximate surface area is 271 Å². The van der Waals surface area contributed by atoms with Crippen molar-refractivity contribution >= 4 is 39.1 Å². The molecule has 46 heavy (non-hydrogen) atoms. The lowest BCUT2D eigenvalue weighted by Crippen LogP contribution is -2.18. The van der Waals surface area contributed by atoms with Gasteiger partial charge in [0.1, 0.15) is 17.0 Å². The quantitative estimate of drug-likeness (QED) is 0.202. The highest BCUT2D eigenvalue weighted by Crippen LogP contribution is 2.56. The maximum Gasteiger partial charge on any atom is 0.145 e. The second kappa shape index (κ2) is 10.2. The van der Waals surface area contributed by atoms with Crippen molar-refractivity contribution in [2.75, 3.05) is 4.90 Å². The fourth-order valence-electron chi connectivity index (χ4n) is 7.26. The Balaban J connectivity index is 1.51. The van der Waals surface area contributed by atoms with E-state index < -0.39 is 0 Å². The number of para-hydroxylation sites is 1. The number of furan rings is 1. The van der Waals surface area contributed by atoms with Crippen molar-refractivity contribution in [3.05, 3.63) is 144 Å². The molecule has 0 saturated carbocycles. The van der Waals surface area contributed by atoms with Crippen LogP contribution in [0.15, 0.2) is 126 Å². The van der Waals surface area contributed by atoms with Crippen molar-refractivity contribution in [2.45, 2.75) is 52.4 Å². The molecular formula is C43H38N2O. The molecule has 0 saturated heterocycles. The molecule has 7 aromatic rings. The second-order valence-electron chi connectivity index (χ2n) is 14.2. The van der Waals surface area contributed by atoms with Gasteiger partial charge in [-0.15, -0.1) is 0 Å². The Hall–Kier alpha value is -5.15. The van der Waals surface area contributed by atoms with Gasteiger partial charge in [0.15, 0.2) is 0 Å². The monoisotopic (exact) mass is 598 g/mol. The molecule has 8 rings (SSSR count). The summed E-state index contributed by atoms with van der Waals surface area (Å²) >= 11 is 0. The van der Waals surface area contributed by atoms with Crippen LogP contribution in [0.3, 0.4) is 0 Å². The molecule has 0 atom stereocenters. The van der Waals surface area contributed by atoms with Crippen molar-refractivity contribution < 1.29 is 4.42 Å². The summed E-state index contributed by atoms with van der Waals surface area (Å²) in [4.78, 5) is 7.57. The molecule has 5 aromatic carbocycles. The van der Waals surface area contributed by atoms with Crippen LogP contribution < -0.4 is 4.90 Å². The summed E-state index contributed by atoms with van der Waals surface area (Å²) < 4.78 is 6.86. The summed E-state index contributed by atoms with van der Waals surface area (Å²) in [7, 11) is 0. The average molecular weight is 599 g/mol. The van der Waals surface area contributed by atoms with E-state index in [4.69, 9.17) is 9.40 Å². The van der Waals surface area contributed by atoms with E-state index in [0.717, 1.165) is 55.8 Å². The van der Waals surface area contributed by atoms with E-state index in [1.807, 2.05) is 6.20 Å². The molecule has 0 aliphatic heterocycles. The largest absolute Gasteiger partial charge is 0.455 e. The maximum atomic E-state index is 6.86. The van der Waals surface area contributed by atoms with Crippen molar-refractivity contribution in [1.29, 1.82) is 0 Å². The third-order valence-corrected chi connectivity index (χ3v) is 9.70. The lowest BCUT2D eigenvalue weighted by Gasteiger charge is -2.30. The molecule has 3 heteroatoms. The number of rotatable bonds is 4. The zero-order chi connectivity index (χ0) is 31.8. The number of aromatic nitrogens is 1. The van der Waals surface area contributed by atoms with E-state index in [9.17, 15) is 0 Å². The first-order chi connectivity index (χ1) is 22.1. The van der Waals surface area contributed by atoms with E-state index in [-0.39, 0.29) is 10.8 Å². The molecule has 0 N–H and O–H groups in total. The van der Waals surface area contributed by atoms with Gasteiger partial charge in [-0.05, 0) is 76.1 Å². The van der Waals surface area contributed by atoms with Crippen LogP contribution in [0.1, 0.15) is 56.9 Å². The minimum Gasteiger partial charge on any atom is -0.455 e. The van der Waals surface area contributed by atoms with E-state index in [1.54, 1.807) is 0 Å². The Morgan fingerprint density at radius 2 is 1.41 bits per heavy atom. The molecule has 2 heterocycles. The first-order valence-electron chi connectivity index (χ1n) is 16.1. The number of hydrogen-bond acceptors (Lipinski definition) is 3. The molecule has 1 aliphatic carbocycles. The highest BCUT2D eigenvalue weighted by Gasteiger charge is 2.39. The highest BCUT2D eigenvalue weighted by molar-refractivity contribution is 6.19. The van der Waals surface area contributed by atoms with E-state index >= 15 is 0 Å². The van der Waals surface area contributed by atoms with Crippen LogP contribution >= 0.6 is 0 Å². The number of fused-ring (bicyclic) bond motifs is 7. The summed E-state index contributed by atoms with van der Waals surface area (Å²) in [5, 5.41) is 2.20. The summed E-state index contributed by atoms with van der Waals surface area (Å²) in [6.07, 6.45) is 1.98. The van der Waals surface area contributed by atoms with Gasteiger partial charge in [0.2, 0.25) is 0 Å². The topological polar surface area (TPSA) is 29.3 Å². The zero-order valence-electron chi connectivity index (χ0n) is 27.3. The number of pyridine rings is 1. The number of hydrogen-bond donors (Lipinski definition) is 0. The summed E-state index contributed by atoms with van der Waals surface area (Å²) in [6.45, 7) is 13.6. The predicted octanol–water partition coefficient (Wildman–Crippen LogP) is 12.0. The third kappa shape index (κ3) is 4.29.